The number of anilines is 1. The maximum Gasteiger partial charge on any atom is 0.267 e. The number of carbonyl (C=O) groups is 2. The third kappa shape index (κ3) is 6.19. The highest BCUT2D eigenvalue weighted by Crippen LogP contribution is 2.35. The van der Waals surface area contributed by atoms with E-state index in [1.807, 2.05) is 20.8 Å². The number of likely N-dealkylation sites (N-methyl/N-ethyl adjacent to an activating group) is 1. The minimum Gasteiger partial charge on any atom is -0.496 e. The van der Waals surface area contributed by atoms with Gasteiger partial charge in [-0.3, -0.25) is 14.3 Å². The van der Waals surface area contributed by atoms with Crippen LogP contribution < -0.4 is 20.7 Å². The van der Waals surface area contributed by atoms with E-state index in [1.54, 1.807) is 47.6 Å². The van der Waals surface area contributed by atoms with Crippen molar-refractivity contribution in [1.29, 1.82) is 0 Å². The Balaban J connectivity index is 1.56. The molecule has 206 valence electrons. The van der Waals surface area contributed by atoms with Crippen LogP contribution in [0, 0.1) is 0 Å². The number of allylic oxidation sites excluding steroid dienone is 1. The molecule has 0 saturated heterocycles. The number of alkyl halides is 2. The van der Waals surface area contributed by atoms with Crippen molar-refractivity contribution in [3.8, 4) is 5.75 Å². The number of carbonyl (C=O) groups excluding carboxylic acids is 2. The Morgan fingerprint density at radius 3 is 2.67 bits per heavy atom. The lowest BCUT2D eigenvalue weighted by Gasteiger charge is -2.28. The van der Waals surface area contributed by atoms with Crippen LogP contribution in [0.2, 0.25) is 0 Å². The van der Waals surface area contributed by atoms with Gasteiger partial charge in [0.05, 0.1) is 48.1 Å². The standard InChI is InChI=1S/C28H31F2N5O4/c1-28(2,3)35-15-17(14-33-35)34-25(36)11-16-6-7-22(19(10-16)26(29)30)39-23-8-9-32-21-13-24(38-5)20(12-18(21)23)27(37)31-4/h6-10,12-15,21,26,32H,11H2,1-5H3,(H,31,37)(H,34,36). The Kier molecular flexibility index (Phi) is 7.89. The van der Waals surface area contributed by atoms with Crippen molar-refractivity contribution in [2.24, 2.45) is 0 Å². The lowest BCUT2D eigenvalue weighted by Crippen LogP contribution is -2.33. The average molecular weight is 540 g/mol. The third-order valence-electron chi connectivity index (χ3n) is 6.15. The summed E-state index contributed by atoms with van der Waals surface area (Å²) >= 11 is 0. The first-order valence-corrected chi connectivity index (χ1v) is 12.3. The monoisotopic (exact) mass is 539 g/mol. The summed E-state index contributed by atoms with van der Waals surface area (Å²) in [5, 5.41) is 12.7. The highest BCUT2D eigenvalue weighted by Gasteiger charge is 2.29. The molecule has 11 heteroatoms. The molecule has 0 radical (unpaired) electrons. The molecule has 2 aliphatic rings. The van der Waals surface area contributed by atoms with Crippen LogP contribution in [0.5, 0.6) is 5.75 Å². The van der Waals surface area contributed by atoms with Crippen LogP contribution in [0.4, 0.5) is 14.5 Å². The Hall–Kier alpha value is -4.41. The van der Waals surface area contributed by atoms with Gasteiger partial charge in [0, 0.05) is 25.0 Å². The molecule has 9 nitrogen and oxygen atoms in total. The van der Waals surface area contributed by atoms with Gasteiger partial charge >= 0.3 is 0 Å². The van der Waals surface area contributed by atoms with Crippen LogP contribution in [0.3, 0.4) is 0 Å². The van der Waals surface area contributed by atoms with Crippen molar-refractivity contribution >= 4 is 17.5 Å². The predicted octanol–water partition coefficient (Wildman–Crippen LogP) is 4.09. The van der Waals surface area contributed by atoms with Gasteiger partial charge in [-0.15, -0.1) is 0 Å². The molecule has 39 heavy (non-hydrogen) atoms. The van der Waals surface area contributed by atoms with E-state index >= 15 is 0 Å². The fourth-order valence-electron chi connectivity index (χ4n) is 4.15. The number of benzene rings is 1. The summed E-state index contributed by atoms with van der Waals surface area (Å²) < 4.78 is 41.2. The number of ether oxygens (including phenoxy) is 2. The first-order chi connectivity index (χ1) is 18.5. The molecule has 2 heterocycles. The van der Waals surface area contributed by atoms with Gasteiger partial charge in [-0.2, -0.15) is 5.10 Å². The van der Waals surface area contributed by atoms with E-state index in [0.717, 1.165) is 0 Å². The Bertz CT molecular complexity index is 1400. The molecule has 1 aliphatic carbocycles. The summed E-state index contributed by atoms with van der Waals surface area (Å²) in [7, 11) is 2.96. The number of rotatable bonds is 8. The second-order valence-electron chi connectivity index (χ2n) is 10.0. The number of halogens is 2. The summed E-state index contributed by atoms with van der Waals surface area (Å²) in [6.07, 6.45) is 6.86. The number of hydrogen-bond donors (Lipinski definition) is 3. The Labute approximate surface area is 225 Å². The van der Waals surface area contributed by atoms with Crippen LogP contribution in [0.1, 0.15) is 38.3 Å². The van der Waals surface area contributed by atoms with Gasteiger partial charge in [-0.05, 0) is 56.7 Å². The second-order valence-corrected chi connectivity index (χ2v) is 10.0. The van der Waals surface area contributed by atoms with E-state index in [9.17, 15) is 18.4 Å². The zero-order valence-electron chi connectivity index (χ0n) is 22.3. The summed E-state index contributed by atoms with van der Waals surface area (Å²) in [5.41, 5.74) is 1.19. The number of hydrogen-bond acceptors (Lipinski definition) is 6. The number of fused-ring (bicyclic) bond motifs is 1. The maximum atomic E-state index is 14.1. The topological polar surface area (TPSA) is 107 Å². The van der Waals surface area contributed by atoms with Crippen molar-refractivity contribution in [2.75, 3.05) is 19.5 Å². The molecule has 3 N–H and O–H groups in total. The van der Waals surface area contributed by atoms with Gasteiger partial charge in [-0.25, -0.2) is 8.78 Å². The molecule has 0 spiro atoms. The summed E-state index contributed by atoms with van der Waals surface area (Å²) in [6.45, 7) is 5.95. The molecule has 2 amide bonds. The van der Waals surface area contributed by atoms with E-state index < -0.39 is 6.43 Å². The third-order valence-corrected chi connectivity index (χ3v) is 6.15. The van der Waals surface area contributed by atoms with E-state index in [4.69, 9.17) is 9.47 Å². The lowest BCUT2D eigenvalue weighted by molar-refractivity contribution is -0.117. The molecule has 4 rings (SSSR count). The van der Waals surface area contributed by atoms with Crippen molar-refractivity contribution < 1.29 is 27.8 Å². The quantitative estimate of drug-likeness (QED) is 0.467. The summed E-state index contributed by atoms with van der Waals surface area (Å²) in [6, 6.07) is 3.88. The largest absolute Gasteiger partial charge is 0.496 e. The van der Waals surface area contributed by atoms with Crippen molar-refractivity contribution in [3.05, 3.63) is 88.8 Å². The molecule has 1 aliphatic heterocycles. The highest BCUT2D eigenvalue weighted by atomic mass is 19.3. The van der Waals surface area contributed by atoms with E-state index in [-0.39, 0.29) is 46.7 Å². The zero-order chi connectivity index (χ0) is 28.3. The van der Waals surface area contributed by atoms with Crippen LogP contribution in [0.25, 0.3) is 0 Å². The number of methoxy groups -OCH3 is 1. The van der Waals surface area contributed by atoms with Crippen molar-refractivity contribution in [2.45, 2.75) is 45.2 Å². The molecular weight excluding hydrogens is 508 g/mol. The molecule has 1 aromatic carbocycles. The molecule has 0 saturated carbocycles. The molecular formula is C28H31F2N5O4. The van der Waals surface area contributed by atoms with E-state index in [0.29, 0.717) is 28.3 Å². The van der Waals surface area contributed by atoms with Crippen LogP contribution in [0.15, 0.2) is 77.7 Å². The van der Waals surface area contributed by atoms with Crippen LogP contribution >= 0.6 is 0 Å². The van der Waals surface area contributed by atoms with Crippen molar-refractivity contribution in [1.82, 2.24) is 20.4 Å². The lowest BCUT2D eigenvalue weighted by atomic mass is 9.92. The molecule has 0 fully saturated rings. The number of dihydropyridines is 1. The van der Waals surface area contributed by atoms with E-state index in [2.05, 4.69) is 21.0 Å². The van der Waals surface area contributed by atoms with Crippen LogP contribution in [-0.4, -0.2) is 41.8 Å². The van der Waals surface area contributed by atoms with Gasteiger partial charge in [0.15, 0.2) is 0 Å². The van der Waals surface area contributed by atoms with Gasteiger partial charge in [0.1, 0.15) is 17.3 Å². The Morgan fingerprint density at radius 1 is 1.26 bits per heavy atom. The van der Waals surface area contributed by atoms with Gasteiger partial charge < -0.3 is 25.4 Å². The number of nitrogens with one attached hydrogen (secondary N) is 3. The molecule has 1 aromatic heterocycles. The summed E-state index contributed by atoms with van der Waals surface area (Å²) in [4.78, 5) is 25.0. The maximum absolute atomic E-state index is 14.1. The zero-order valence-corrected chi connectivity index (χ0v) is 22.3. The fraction of sp³-hybridized carbons (Fsp3) is 0.321. The fourth-order valence-corrected chi connectivity index (χ4v) is 4.15. The highest BCUT2D eigenvalue weighted by molar-refractivity contribution is 5.98. The minimum absolute atomic E-state index is 0.0511. The molecule has 2 aromatic rings. The summed E-state index contributed by atoms with van der Waals surface area (Å²) in [5.74, 6) is -0.0858. The smallest absolute Gasteiger partial charge is 0.267 e. The molecule has 1 atom stereocenters. The molecule has 1 unspecified atom stereocenters. The van der Waals surface area contributed by atoms with Gasteiger partial charge in [-0.1, -0.05) is 6.07 Å². The Morgan fingerprint density at radius 2 is 2.03 bits per heavy atom. The average Bonchev–Trinajstić information content (AvgIpc) is 3.37. The minimum atomic E-state index is -2.84. The number of aromatic nitrogens is 2. The first-order valence-electron chi connectivity index (χ1n) is 12.3. The predicted molar refractivity (Wildman–Crippen MR) is 142 cm³/mol. The van der Waals surface area contributed by atoms with Gasteiger partial charge in [0.25, 0.3) is 12.3 Å². The number of nitrogens with zero attached hydrogens (tertiary/aromatic N) is 2. The number of amides is 2. The molecule has 0 bridgehead atoms. The SMILES string of the molecule is CNC(=O)C1=CC2=C(Oc3ccc(CC(=O)Nc4cnn(C(C)(C)C)c4)cc3C(F)F)C=CNC2C=C1OC. The second kappa shape index (κ2) is 11.1. The van der Waals surface area contributed by atoms with E-state index in [1.165, 1.54) is 26.3 Å². The van der Waals surface area contributed by atoms with Crippen molar-refractivity contribution in [3.63, 3.8) is 0 Å². The van der Waals surface area contributed by atoms with Gasteiger partial charge in [0.2, 0.25) is 5.91 Å². The first kappa shape index (κ1) is 27.6. The normalized spacial score (nSPS) is 16.7. The van der Waals surface area contributed by atoms with Crippen LogP contribution in [-0.2, 0) is 26.3 Å².